The van der Waals surface area contributed by atoms with Crippen LogP contribution < -0.4 is 0 Å². The van der Waals surface area contributed by atoms with Gasteiger partial charge >= 0.3 is 0 Å². The van der Waals surface area contributed by atoms with Gasteiger partial charge in [0.15, 0.2) is 0 Å². The Morgan fingerprint density at radius 3 is 2.29 bits per heavy atom. The van der Waals surface area contributed by atoms with E-state index in [4.69, 9.17) is 0 Å². The first-order valence-corrected chi connectivity index (χ1v) is 7.94. The number of rotatable bonds is 6. The van der Waals surface area contributed by atoms with Crippen molar-refractivity contribution >= 4 is 11.8 Å². The maximum Gasteiger partial charge on any atom is 0.237 e. The van der Waals surface area contributed by atoms with Crippen LogP contribution in [0.4, 0.5) is 0 Å². The fourth-order valence-electron chi connectivity index (χ4n) is 2.71. The molecule has 21 heavy (non-hydrogen) atoms. The van der Waals surface area contributed by atoms with E-state index in [0.717, 1.165) is 44.6 Å². The molecule has 0 atom stereocenters. The summed E-state index contributed by atoms with van der Waals surface area (Å²) in [6.45, 7) is 12.7. The standard InChI is InChI=1S/C16H27N3O2/c1-4-18(11-13(2)3)15(20)12-17-7-9-19(10-8-17)16(21)14-5-6-14/h14H,2,4-12H2,1,3H3. The molecule has 118 valence electrons. The third-order valence-electron chi connectivity index (χ3n) is 4.16. The monoisotopic (exact) mass is 293 g/mol. The zero-order valence-corrected chi connectivity index (χ0v) is 13.3. The van der Waals surface area contributed by atoms with Crippen LogP contribution in [0.25, 0.3) is 0 Å². The minimum Gasteiger partial charge on any atom is -0.340 e. The highest BCUT2D eigenvalue weighted by atomic mass is 16.2. The fraction of sp³-hybridized carbons (Fsp3) is 0.750. The normalized spacial score (nSPS) is 19.4. The van der Waals surface area contributed by atoms with Crippen molar-refractivity contribution in [1.82, 2.24) is 14.7 Å². The van der Waals surface area contributed by atoms with Crippen molar-refractivity contribution in [3.63, 3.8) is 0 Å². The SMILES string of the molecule is C=C(C)CN(CC)C(=O)CN1CCN(C(=O)C2CC2)CC1. The summed E-state index contributed by atoms with van der Waals surface area (Å²) in [6.07, 6.45) is 2.12. The van der Waals surface area contributed by atoms with Crippen molar-refractivity contribution in [2.45, 2.75) is 26.7 Å². The van der Waals surface area contributed by atoms with E-state index in [0.29, 0.717) is 31.5 Å². The largest absolute Gasteiger partial charge is 0.340 e. The molecule has 0 aromatic carbocycles. The van der Waals surface area contributed by atoms with Crippen molar-refractivity contribution in [1.29, 1.82) is 0 Å². The molecule has 2 fully saturated rings. The summed E-state index contributed by atoms with van der Waals surface area (Å²) in [7, 11) is 0. The molecule has 2 aliphatic rings. The average molecular weight is 293 g/mol. The summed E-state index contributed by atoms with van der Waals surface area (Å²) in [4.78, 5) is 30.2. The molecule has 2 rings (SSSR count). The quantitative estimate of drug-likeness (QED) is 0.685. The van der Waals surface area contributed by atoms with Crippen molar-refractivity contribution in [3.8, 4) is 0 Å². The lowest BCUT2D eigenvalue weighted by atomic mass is 10.2. The second kappa shape index (κ2) is 7.07. The maximum absolute atomic E-state index is 12.3. The molecule has 0 aromatic heterocycles. The smallest absolute Gasteiger partial charge is 0.237 e. The number of carbonyl (C=O) groups is 2. The lowest BCUT2D eigenvalue weighted by Gasteiger charge is -2.35. The first kappa shape index (κ1) is 16.0. The van der Waals surface area contributed by atoms with Gasteiger partial charge in [-0.25, -0.2) is 0 Å². The van der Waals surface area contributed by atoms with E-state index in [2.05, 4.69) is 11.5 Å². The summed E-state index contributed by atoms with van der Waals surface area (Å²) in [6, 6.07) is 0. The predicted octanol–water partition coefficient (Wildman–Crippen LogP) is 0.965. The Morgan fingerprint density at radius 2 is 1.81 bits per heavy atom. The first-order valence-electron chi connectivity index (χ1n) is 7.94. The lowest BCUT2D eigenvalue weighted by molar-refractivity contribution is -0.135. The van der Waals surface area contributed by atoms with Crippen LogP contribution >= 0.6 is 0 Å². The summed E-state index contributed by atoms with van der Waals surface area (Å²) >= 11 is 0. The minimum absolute atomic E-state index is 0.155. The van der Waals surface area contributed by atoms with Gasteiger partial charge in [0.2, 0.25) is 11.8 Å². The Kier molecular flexibility index (Phi) is 5.39. The first-order chi connectivity index (χ1) is 10.0. The summed E-state index contributed by atoms with van der Waals surface area (Å²) in [5.41, 5.74) is 1.00. The second-order valence-corrected chi connectivity index (χ2v) is 6.24. The van der Waals surface area contributed by atoms with Gasteiger partial charge in [0.05, 0.1) is 6.54 Å². The van der Waals surface area contributed by atoms with Crippen molar-refractivity contribution < 1.29 is 9.59 Å². The van der Waals surface area contributed by atoms with Gasteiger partial charge < -0.3 is 9.80 Å². The van der Waals surface area contributed by atoms with E-state index in [9.17, 15) is 9.59 Å². The van der Waals surface area contributed by atoms with E-state index < -0.39 is 0 Å². The van der Waals surface area contributed by atoms with Crippen molar-refractivity contribution in [3.05, 3.63) is 12.2 Å². The van der Waals surface area contributed by atoms with Crippen molar-refractivity contribution in [2.75, 3.05) is 45.8 Å². The molecule has 1 heterocycles. The molecule has 5 heteroatoms. The number of amides is 2. The molecule has 0 spiro atoms. The summed E-state index contributed by atoms with van der Waals surface area (Å²) in [5, 5.41) is 0. The van der Waals surface area contributed by atoms with E-state index in [1.807, 2.05) is 23.6 Å². The number of nitrogens with zero attached hydrogens (tertiary/aromatic N) is 3. The number of piperazine rings is 1. The third-order valence-corrected chi connectivity index (χ3v) is 4.16. The van der Waals surface area contributed by atoms with Gasteiger partial charge in [-0.3, -0.25) is 14.5 Å². The molecule has 0 radical (unpaired) electrons. The molecule has 1 aliphatic heterocycles. The van der Waals surface area contributed by atoms with Gasteiger partial charge in [-0.2, -0.15) is 0 Å². The van der Waals surface area contributed by atoms with Crippen LogP contribution in [0.5, 0.6) is 0 Å². The highest BCUT2D eigenvalue weighted by Crippen LogP contribution is 2.31. The molecule has 2 amide bonds. The Bertz CT molecular complexity index is 410. The Morgan fingerprint density at radius 1 is 1.19 bits per heavy atom. The van der Waals surface area contributed by atoms with Crippen LogP contribution in [-0.2, 0) is 9.59 Å². The van der Waals surface area contributed by atoms with E-state index >= 15 is 0 Å². The van der Waals surface area contributed by atoms with Crippen LogP contribution in [0, 0.1) is 5.92 Å². The summed E-state index contributed by atoms with van der Waals surface area (Å²) < 4.78 is 0. The predicted molar refractivity (Wildman–Crippen MR) is 82.8 cm³/mol. The molecular weight excluding hydrogens is 266 g/mol. The molecule has 0 bridgehead atoms. The zero-order valence-electron chi connectivity index (χ0n) is 13.3. The van der Waals surface area contributed by atoms with Gasteiger partial charge in [0.1, 0.15) is 0 Å². The third kappa shape index (κ3) is 4.56. The van der Waals surface area contributed by atoms with E-state index in [1.165, 1.54) is 0 Å². The molecule has 1 saturated heterocycles. The van der Waals surface area contributed by atoms with E-state index in [1.54, 1.807) is 0 Å². The minimum atomic E-state index is 0.155. The Labute approximate surface area is 127 Å². The fourth-order valence-corrected chi connectivity index (χ4v) is 2.71. The highest BCUT2D eigenvalue weighted by molar-refractivity contribution is 5.81. The Hall–Kier alpha value is -1.36. The zero-order chi connectivity index (χ0) is 15.4. The van der Waals surface area contributed by atoms with Crippen LogP contribution in [0.2, 0.25) is 0 Å². The molecule has 1 aliphatic carbocycles. The topological polar surface area (TPSA) is 43.9 Å². The van der Waals surface area contributed by atoms with Crippen LogP contribution in [0.1, 0.15) is 26.7 Å². The average Bonchev–Trinajstić information content (AvgIpc) is 3.29. The van der Waals surface area contributed by atoms with Gasteiger partial charge in [-0.15, -0.1) is 0 Å². The van der Waals surface area contributed by atoms with Gasteiger partial charge in [-0.05, 0) is 26.7 Å². The Balaban J connectivity index is 1.75. The summed E-state index contributed by atoms with van der Waals surface area (Å²) in [5.74, 6) is 0.769. The van der Waals surface area contributed by atoms with Crippen LogP contribution in [0.3, 0.4) is 0 Å². The number of hydrogen-bond acceptors (Lipinski definition) is 3. The maximum atomic E-state index is 12.3. The molecule has 0 N–H and O–H groups in total. The van der Waals surface area contributed by atoms with Gasteiger partial charge in [0, 0.05) is 45.2 Å². The number of carbonyl (C=O) groups excluding carboxylic acids is 2. The number of likely N-dealkylation sites (N-methyl/N-ethyl adjacent to an activating group) is 1. The van der Waals surface area contributed by atoms with Gasteiger partial charge in [-0.1, -0.05) is 12.2 Å². The molecular formula is C16H27N3O2. The second-order valence-electron chi connectivity index (χ2n) is 6.24. The van der Waals surface area contributed by atoms with Gasteiger partial charge in [0.25, 0.3) is 0 Å². The highest BCUT2D eigenvalue weighted by Gasteiger charge is 2.34. The number of hydrogen-bond donors (Lipinski definition) is 0. The van der Waals surface area contributed by atoms with Crippen molar-refractivity contribution in [2.24, 2.45) is 5.92 Å². The lowest BCUT2D eigenvalue weighted by Crippen LogP contribution is -2.52. The molecule has 5 nitrogen and oxygen atoms in total. The molecule has 1 saturated carbocycles. The molecule has 0 unspecified atom stereocenters. The van der Waals surface area contributed by atoms with Crippen LogP contribution in [-0.4, -0.2) is 72.3 Å². The van der Waals surface area contributed by atoms with E-state index in [-0.39, 0.29) is 5.91 Å². The molecule has 0 aromatic rings. The van der Waals surface area contributed by atoms with Crippen LogP contribution in [0.15, 0.2) is 12.2 Å².